The Kier molecular flexibility index (Phi) is 13.8. The van der Waals surface area contributed by atoms with Crippen LogP contribution in [0.2, 0.25) is 0 Å². The summed E-state index contributed by atoms with van der Waals surface area (Å²) in [5.74, 6) is 1.99. The van der Waals surface area contributed by atoms with Gasteiger partial charge in [-0.15, -0.1) is 0 Å². The molecular formula is C36H68N2. The van der Waals surface area contributed by atoms with Gasteiger partial charge in [0.1, 0.15) is 0 Å². The van der Waals surface area contributed by atoms with E-state index >= 15 is 0 Å². The maximum atomic E-state index is 3.83. The Balaban J connectivity index is 2.43. The van der Waals surface area contributed by atoms with Crippen LogP contribution in [-0.2, 0) is 0 Å². The van der Waals surface area contributed by atoms with Crippen LogP contribution in [0.5, 0.6) is 0 Å². The van der Waals surface area contributed by atoms with Gasteiger partial charge in [-0.25, -0.2) is 0 Å². The number of unbranched alkanes of at least 4 members (excludes halogenated alkanes) is 8. The van der Waals surface area contributed by atoms with Crippen LogP contribution in [0.15, 0.2) is 23.5 Å². The van der Waals surface area contributed by atoms with Gasteiger partial charge in [-0.05, 0) is 68.1 Å². The van der Waals surface area contributed by atoms with Gasteiger partial charge in [-0.1, -0.05) is 132 Å². The molecule has 0 saturated carbocycles. The van der Waals surface area contributed by atoms with Crippen molar-refractivity contribution in [3.8, 4) is 0 Å². The molecule has 0 spiro atoms. The summed E-state index contributed by atoms with van der Waals surface area (Å²) in [5, 5.41) is 3.83. The standard InChI is InChI=1S/C36H68N2/c1-11-14-16-18-20-22-32(23-21-19-17-15-12-2)38-30(6)26-36(9,10)34-33(28(4)24-31(38)13-3)27-37-29(5)25-35(34,7)8/h25-26,28,31-34,37H,11-24,27H2,1-10H3/b30-26+. The maximum absolute atomic E-state index is 3.83. The van der Waals surface area contributed by atoms with E-state index in [0.717, 1.165) is 6.54 Å². The van der Waals surface area contributed by atoms with E-state index in [1.54, 1.807) is 5.70 Å². The minimum Gasteiger partial charge on any atom is -0.389 e. The minimum absolute atomic E-state index is 0.142. The molecule has 0 aromatic rings. The lowest BCUT2D eigenvalue weighted by atomic mass is 9.57. The van der Waals surface area contributed by atoms with Crippen LogP contribution in [-0.4, -0.2) is 23.5 Å². The molecule has 2 heterocycles. The Hall–Kier alpha value is -0.920. The van der Waals surface area contributed by atoms with Gasteiger partial charge < -0.3 is 10.2 Å². The van der Waals surface area contributed by atoms with Crippen LogP contribution in [0, 0.1) is 28.6 Å². The molecule has 0 bridgehead atoms. The van der Waals surface area contributed by atoms with E-state index in [4.69, 9.17) is 0 Å². The molecule has 2 rings (SSSR count). The minimum atomic E-state index is 0.142. The molecule has 0 radical (unpaired) electrons. The number of nitrogens with one attached hydrogen (secondary N) is 1. The van der Waals surface area contributed by atoms with Crippen molar-refractivity contribution in [3.63, 3.8) is 0 Å². The average molecular weight is 529 g/mol. The molecule has 1 N–H and O–H groups in total. The van der Waals surface area contributed by atoms with E-state index in [1.807, 2.05) is 0 Å². The Morgan fingerprint density at radius 2 is 1.34 bits per heavy atom. The molecule has 2 aliphatic heterocycles. The highest BCUT2D eigenvalue weighted by atomic mass is 15.2. The summed E-state index contributed by atoms with van der Waals surface area (Å²) in [7, 11) is 0. The normalized spacial score (nSPS) is 28.8. The average Bonchev–Trinajstić information content (AvgIpc) is 2.94. The second-order valence-electron chi connectivity index (χ2n) is 14.5. The number of hydrogen-bond acceptors (Lipinski definition) is 2. The third-order valence-electron chi connectivity index (χ3n) is 10.1. The Morgan fingerprint density at radius 1 is 0.816 bits per heavy atom. The van der Waals surface area contributed by atoms with E-state index in [-0.39, 0.29) is 10.8 Å². The molecule has 38 heavy (non-hydrogen) atoms. The zero-order valence-electron chi connectivity index (χ0n) is 27.6. The first-order valence-electron chi connectivity index (χ1n) is 16.9. The first-order chi connectivity index (χ1) is 18.0. The molecule has 2 heteroatoms. The predicted molar refractivity (Wildman–Crippen MR) is 170 cm³/mol. The smallest absolute Gasteiger partial charge is 0.0289 e. The monoisotopic (exact) mass is 529 g/mol. The predicted octanol–water partition coefficient (Wildman–Crippen LogP) is 10.9. The molecule has 0 saturated heterocycles. The molecule has 4 atom stereocenters. The summed E-state index contributed by atoms with van der Waals surface area (Å²) >= 11 is 0. The summed E-state index contributed by atoms with van der Waals surface area (Å²) < 4.78 is 0. The molecule has 0 aromatic heterocycles. The van der Waals surface area contributed by atoms with Crippen LogP contribution in [0.1, 0.15) is 159 Å². The lowest BCUT2D eigenvalue weighted by Crippen LogP contribution is -2.44. The van der Waals surface area contributed by atoms with Crippen molar-refractivity contribution in [2.24, 2.45) is 28.6 Å². The first-order valence-corrected chi connectivity index (χ1v) is 16.9. The van der Waals surface area contributed by atoms with Crippen LogP contribution in [0.3, 0.4) is 0 Å². The summed E-state index contributed by atoms with van der Waals surface area (Å²) in [5.41, 5.74) is 3.24. The summed E-state index contributed by atoms with van der Waals surface area (Å²) in [6, 6.07) is 1.34. The second kappa shape index (κ2) is 15.8. The fraction of sp³-hybridized carbons (Fsp3) is 0.889. The molecule has 4 unspecified atom stereocenters. The lowest BCUT2D eigenvalue weighted by Gasteiger charge is -2.47. The number of hydrogen-bond donors (Lipinski definition) is 1. The van der Waals surface area contributed by atoms with E-state index < -0.39 is 0 Å². The first kappa shape index (κ1) is 33.3. The summed E-state index contributed by atoms with van der Waals surface area (Å²) in [4.78, 5) is 2.98. The molecule has 0 amide bonds. The third-order valence-corrected chi connectivity index (χ3v) is 10.1. The molecule has 0 aliphatic carbocycles. The van der Waals surface area contributed by atoms with Gasteiger partial charge in [0, 0.05) is 30.0 Å². The molecular weight excluding hydrogens is 460 g/mol. The van der Waals surface area contributed by atoms with Gasteiger partial charge in [0.2, 0.25) is 0 Å². The van der Waals surface area contributed by atoms with Gasteiger partial charge in [-0.2, -0.15) is 0 Å². The quantitative estimate of drug-likeness (QED) is 0.225. The number of allylic oxidation sites excluding steroid dienone is 4. The highest BCUT2D eigenvalue weighted by Crippen LogP contribution is 2.52. The van der Waals surface area contributed by atoms with Crippen LogP contribution in [0.25, 0.3) is 0 Å². The lowest BCUT2D eigenvalue weighted by molar-refractivity contribution is 0.0500. The molecule has 222 valence electrons. The highest BCUT2D eigenvalue weighted by Gasteiger charge is 2.47. The van der Waals surface area contributed by atoms with Crippen LogP contribution < -0.4 is 5.32 Å². The van der Waals surface area contributed by atoms with E-state index in [0.29, 0.717) is 29.8 Å². The largest absolute Gasteiger partial charge is 0.389 e. The van der Waals surface area contributed by atoms with Crippen LogP contribution in [0.4, 0.5) is 0 Å². The summed E-state index contributed by atoms with van der Waals surface area (Å²) in [6.45, 7) is 25.7. The zero-order valence-corrected chi connectivity index (χ0v) is 27.6. The van der Waals surface area contributed by atoms with Crippen molar-refractivity contribution in [1.29, 1.82) is 0 Å². The van der Waals surface area contributed by atoms with Crippen molar-refractivity contribution in [3.05, 3.63) is 23.5 Å². The number of fused-ring (bicyclic) bond motifs is 1. The molecule has 2 aliphatic rings. The van der Waals surface area contributed by atoms with E-state index in [9.17, 15) is 0 Å². The number of rotatable bonds is 14. The van der Waals surface area contributed by atoms with Crippen molar-refractivity contribution in [1.82, 2.24) is 10.2 Å². The zero-order chi connectivity index (χ0) is 28.3. The van der Waals surface area contributed by atoms with Gasteiger partial charge in [0.25, 0.3) is 0 Å². The maximum Gasteiger partial charge on any atom is 0.0289 e. The number of nitrogens with zero attached hydrogens (tertiary/aromatic N) is 1. The van der Waals surface area contributed by atoms with Crippen molar-refractivity contribution < 1.29 is 0 Å². The second-order valence-corrected chi connectivity index (χ2v) is 14.5. The van der Waals surface area contributed by atoms with E-state index in [2.05, 4.69) is 91.6 Å². The Labute approximate surface area is 239 Å². The Bertz CT molecular complexity index is 716. The Morgan fingerprint density at radius 3 is 1.87 bits per heavy atom. The van der Waals surface area contributed by atoms with Gasteiger partial charge in [-0.3, -0.25) is 0 Å². The van der Waals surface area contributed by atoms with Crippen LogP contribution >= 0.6 is 0 Å². The highest BCUT2D eigenvalue weighted by molar-refractivity contribution is 5.19. The van der Waals surface area contributed by atoms with Gasteiger partial charge in [0.15, 0.2) is 0 Å². The van der Waals surface area contributed by atoms with Gasteiger partial charge >= 0.3 is 0 Å². The fourth-order valence-corrected chi connectivity index (χ4v) is 8.73. The molecule has 0 fully saturated rings. The van der Waals surface area contributed by atoms with Gasteiger partial charge in [0.05, 0.1) is 0 Å². The van der Waals surface area contributed by atoms with Crippen molar-refractivity contribution in [2.45, 2.75) is 171 Å². The van der Waals surface area contributed by atoms with Crippen molar-refractivity contribution >= 4 is 0 Å². The molecule has 0 aromatic carbocycles. The summed E-state index contributed by atoms with van der Waals surface area (Å²) in [6.07, 6.45) is 24.5. The third kappa shape index (κ3) is 9.33. The fourth-order valence-electron chi connectivity index (χ4n) is 8.73. The molecule has 2 nitrogen and oxygen atoms in total. The van der Waals surface area contributed by atoms with Crippen molar-refractivity contribution in [2.75, 3.05) is 6.54 Å². The SMILES string of the molecule is CCCCCCCC(CCCCCCC)N1/C(C)=C/C(C)(C)C2C(CNC(C)=CC2(C)C)C(C)CC1CC. The van der Waals surface area contributed by atoms with E-state index in [1.165, 1.54) is 95.6 Å². The topological polar surface area (TPSA) is 15.3 Å².